The predicted octanol–water partition coefficient (Wildman–Crippen LogP) is 5.39. The highest BCUT2D eigenvalue weighted by molar-refractivity contribution is 7.98. The van der Waals surface area contributed by atoms with E-state index >= 15 is 0 Å². The third-order valence-electron chi connectivity index (χ3n) is 4.18. The van der Waals surface area contributed by atoms with Gasteiger partial charge in [0.1, 0.15) is 0 Å². The zero-order valence-electron chi connectivity index (χ0n) is 13.7. The molecule has 1 N–H and O–H groups in total. The Kier molecular flexibility index (Phi) is 4.51. The Morgan fingerprint density at radius 2 is 1.88 bits per heavy atom. The minimum Gasteiger partial charge on any atom is -0.360 e. The molecule has 0 radical (unpaired) electrons. The molecule has 4 rings (SSSR count). The number of nitrogens with zero attached hydrogens (tertiary/aromatic N) is 3. The number of fused-ring (bicyclic) bond motifs is 1. The molecular weight excluding hydrogens is 352 g/mol. The maximum absolute atomic E-state index is 6.26. The largest absolute Gasteiger partial charge is 0.360 e. The Balaban J connectivity index is 1.66. The molecule has 2 aromatic carbocycles. The first-order chi connectivity index (χ1) is 12.3. The van der Waals surface area contributed by atoms with Gasteiger partial charge in [-0.1, -0.05) is 59.8 Å². The minimum absolute atomic E-state index is 0.770. The molecule has 0 saturated carbocycles. The van der Waals surface area contributed by atoms with Gasteiger partial charge in [-0.3, -0.25) is 0 Å². The van der Waals surface area contributed by atoms with Crippen LogP contribution in [0.1, 0.15) is 12.5 Å². The molecule has 0 bridgehead atoms. The molecule has 0 unspecified atom stereocenters. The second-order valence-corrected chi connectivity index (χ2v) is 7.03. The number of nitrogens with one attached hydrogen (secondary N) is 1. The lowest BCUT2D eigenvalue weighted by Crippen LogP contribution is -1.99. The highest BCUT2D eigenvalue weighted by atomic mass is 35.5. The molecule has 2 heterocycles. The van der Waals surface area contributed by atoms with Gasteiger partial charge in [0, 0.05) is 40.0 Å². The zero-order valence-corrected chi connectivity index (χ0v) is 15.3. The molecule has 0 aliphatic carbocycles. The maximum Gasteiger partial charge on any atom is 0.191 e. The van der Waals surface area contributed by atoms with Gasteiger partial charge in [-0.2, -0.15) is 0 Å². The number of thioether (sulfide) groups is 1. The van der Waals surface area contributed by atoms with E-state index in [0.717, 1.165) is 50.3 Å². The van der Waals surface area contributed by atoms with Gasteiger partial charge in [0.25, 0.3) is 0 Å². The van der Waals surface area contributed by atoms with Gasteiger partial charge in [-0.15, -0.1) is 10.2 Å². The summed E-state index contributed by atoms with van der Waals surface area (Å²) in [6.45, 7) is 2.92. The summed E-state index contributed by atoms with van der Waals surface area (Å²) in [5.74, 6) is 1.66. The number of benzene rings is 2. The topological polar surface area (TPSA) is 46.5 Å². The van der Waals surface area contributed by atoms with E-state index in [9.17, 15) is 0 Å². The van der Waals surface area contributed by atoms with Gasteiger partial charge in [0.15, 0.2) is 11.0 Å². The molecule has 0 fully saturated rings. The quantitative estimate of drug-likeness (QED) is 0.480. The summed E-state index contributed by atoms with van der Waals surface area (Å²) in [5, 5.41) is 11.7. The van der Waals surface area contributed by atoms with Crippen molar-refractivity contribution in [3.05, 3.63) is 65.3 Å². The monoisotopic (exact) mass is 368 g/mol. The number of aromatic nitrogens is 4. The number of H-pyrrole nitrogens is 1. The molecule has 6 heteroatoms. The van der Waals surface area contributed by atoms with Crippen LogP contribution >= 0.6 is 23.4 Å². The van der Waals surface area contributed by atoms with Crippen LogP contribution in [0.25, 0.3) is 22.3 Å². The summed E-state index contributed by atoms with van der Waals surface area (Å²) in [6.07, 6.45) is 2.00. The number of aromatic amines is 1. The van der Waals surface area contributed by atoms with Crippen LogP contribution in [0.5, 0.6) is 0 Å². The highest BCUT2D eigenvalue weighted by Gasteiger charge is 2.16. The van der Waals surface area contributed by atoms with Crippen LogP contribution in [-0.2, 0) is 12.3 Å². The second-order valence-electron chi connectivity index (χ2n) is 5.68. The van der Waals surface area contributed by atoms with Crippen LogP contribution in [0.3, 0.4) is 0 Å². The zero-order chi connectivity index (χ0) is 17.2. The summed E-state index contributed by atoms with van der Waals surface area (Å²) in [7, 11) is 0. The summed E-state index contributed by atoms with van der Waals surface area (Å²) >= 11 is 7.91. The fourth-order valence-corrected chi connectivity index (χ4v) is 4.18. The fraction of sp³-hybridized carbons (Fsp3) is 0.158. The Bertz CT molecular complexity index is 1020. The van der Waals surface area contributed by atoms with Crippen LogP contribution in [0, 0.1) is 0 Å². The van der Waals surface area contributed by atoms with Crippen molar-refractivity contribution in [2.45, 2.75) is 24.4 Å². The fourth-order valence-electron chi connectivity index (χ4n) is 2.89. The SMILES string of the molecule is CCn1c(SCc2ccccc2Cl)nnc1-c1c[nH]c2ccccc12. The van der Waals surface area contributed by atoms with Crippen molar-refractivity contribution in [1.82, 2.24) is 19.7 Å². The summed E-state index contributed by atoms with van der Waals surface area (Å²) in [6, 6.07) is 16.1. The second kappa shape index (κ2) is 6.94. The average molecular weight is 369 g/mol. The van der Waals surface area contributed by atoms with Gasteiger partial charge >= 0.3 is 0 Å². The van der Waals surface area contributed by atoms with Crippen molar-refractivity contribution >= 4 is 34.3 Å². The van der Waals surface area contributed by atoms with E-state index < -0.39 is 0 Å². The molecule has 0 spiro atoms. The first-order valence-corrected chi connectivity index (χ1v) is 9.50. The van der Waals surface area contributed by atoms with Gasteiger partial charge < -0.3 is 9.55 Å². The van der Waals surface area contributed by atoms with Gasteiger partial charge in [0.05, 0.1) is 0 Å². The van der Waals surface area contributed by atoms with Crippen molar-refractivity contribution in [3.63, 3.8) is 0 Å². The summed E-state index contributed by atoms with van der Waals surface area (Å²) in [5.41, 5.74) is 3.29. The van der Waals surface area contributed by atoms with Crippen molar-refractivity contribution in [1.29, 1.82) is 0 Å². The molecule has 25 heavy (non-hydrogen) atoms. The molecule has 0 atom stereocenters. The Morgan fingerprint density at radius 1 is 1.08 bits per heavy atom. The molecule has 0 aliphatic heterocycles. The van der Waals surface area contributed by atoms with Gasteiger partial charge in [-0.05, 0) is 24.6 Å². The van der Waals surface area contributed by atoms with Crippen molar-refractivity contribution in [2.75, 3.05) is 0 Å². The van der Waals surface area contributed by atoms with Crippen LogP contribution < -0.4 is 0 Å². The summed E-state index contributed by atoms with van der Waals surface area (Å²) in [4.78, 5) is 3.31. The van der Waals surface area contributed by atoms with Crippen LogP contribution in [0.15, 0.2) is 59.9 Å². The van der Waals surface area contributed by atoms with E-state index in [1.807, 2.05) is 42.6 Å². The smallest absolute Gasteiger partial charge is 0.191 e. The Morgan fingerprint density at radius 3 is 2.72 bits per heavy atom. The van der Waals surface area contributed by atoms with Gasteiger partial charge in [-0.25, -0.2) is 0 Å². The molecule has 0 amide bonds. The van der Waals surface area contributed by atoms with E-state index in [1.165, 1.54) is 0 Å². The first kappa shape index (κ1) is 16.2. The van der Waals surface area contributed by atoms with Crippen molar-refractivity contribution in [2.24, 2.45) is 0 Å². The number of hydrogen-bond acceptors (Lipinski definition) is 3. The molecule has 2 aromatic heterocycles. The van der Waals surface area contributed by atoms with Crippen LogP contribution in [0.2, 0.25) is 5.02 Å². The van der Waals surface area contributed by atoms with Crippen molar-refractivity contribution < 1.29 is 0 Å². The third-order valence-corrected chi connectivity index (χ3v) is 5.56. The third kappa shape index (κ3) is 3.05. The van der Waals surface area contributed by atoms with Gasteiger partial charge in [0.2, 0.25) is 0 Å². The molecule has 0 saturated heterocycles. The van der Waals surface area contributed by atoms with Crippen LogP contribution in [-0.4, -0.2) is 19.7 Å². The average Bonchev–Trinajstić information content (AvgIpc) is 3.24. The predicted molar refractivity (Wildman–Crippen MR) is 104 cm³/mol. The molecule has 126 valence electrons. The Labute approximate surface area is 155 Å². The molecule has 4 aromatic rings. The van der Waals surface area contributed by atoms with E-state index in [0.29, 0.717) is 0 Å². The molecule has 4 nitrogen and oxygen atoms in total. The molecular formula is C19H17ClN4S. The number of rotatable bonds is 5. The normalized spacial score (nSPS) is 11.3. The maximum atomic E-state index is 6.26. The lowest BCUT2D eigenvalue weighted by atomic mass is 10.1. The van der Waals surface area contributed by atoms with Crippen LogP contribution in [0.4, 0.5) is 0 Å². The lowest BCUT2D eigenvalue weighted by Gasteiger charge is -2.07. The van der Waals surface area contributed by atoms with E-state index in [2.05, 4.69) is 38.8 Å². The Hall–Kier alpha value is -2.24. The lowest BCUT2D eigenvalue weighted by molar-refractivity contribution is 0.687. The van der Waals surface area contributed by atoms with E-state index in [1.54, 1.807) is 11.8 Å². The number of para-hydroxylation sites is 1. The van der Waals surface area contributed by atoms with E-state index in [4.69, 9.17) is 11.6 Å². The standard InChI is InChI=1S/C19H17ClN4S/c1-2-24-18(15-11-21-17-10-6-4-8-14(15)17)22-23-19(24)25-12-13-7-3-5-9-16(13)20/h3-11,21H,2,12H2,1H3. The first-order valence-electron chi connectivity index (χ1n) is 8.14. The minimum atomic E-state index is 0.770. The number of hydrogen-bond donors (Lipinski definition) is 1. The van der Waals surface area contributed by atoms with Crippen molar-refractivity contribution in [3.8, 4) is 11.4 Å². The van der Waals surface area contributed by atoms with E-state index in [-0.39, 0.29) is 0 Å². The number of halogens is 1. The highest BCUT2D eigenvalue weighted by Crippen LogP contribution is 2.31. The molecule has 0 aliphatic rings. The summed E-state index contributed by atoms with van der Waals surface area (Å²) < 4.78 is 2.15.